The maximum atomic E-state index is 14.0. The highest BCUT2D eigenvalue weighted by molar-refractivity contribution is 5.85. The summed E-state index contributed by atoms with van der Waals surface area (Å²) in [5.41, 5.74) is 10.6. The number of hydrogen-bond donors (Lipinski definition) is 1. The van der Waals surface area contributed by atoms with Crippen LogP contribution in [0.15, 0.2) is 55.1 Å². The number of halogens is 1. The first-order chi connectivity index (χ1) is 17.1. The number of pyridine rings is 3. The van der Waals surface area contributed by atoms with Crippen molar-refractivity contribution in [3.63, 3.8) is 0 Å². The number of hydrogen-bond acceptors (Lipinski definition) is 8. The van der Waals surface area contributed by atoms with Gasteiger partial charge in [0.2, 0.25) is 5.88 Å². The van der Waals surface area contributed by atoms with Gasteiger partial charge in [-0.2, -0.15) is 5.26 Å². The summed E-state index contributed by atoms with van der Waals surface area (Å²) < 4.78 is 24.4. The fraction of sp³-hybridized carbons (Fsp3) is 0.231. The smallest absolute Gasteiger partial charge is 0.250 e. The number of ether oxygens (including phenoxy) is 2. The summed E-state index contributed by atoms with van der Waals surface area (Å²) in [6.45, 7) is 4.36. The molecule has 0 amide bonds. The molecule has 0 saturated heterocycles. The topological polar surface area (TPSA) is 110 Å². The molecule has 2 N–H and O–H groups in total. The minimum Gasteiger partial charge on any atom is -0.492 e. The van der Waals surface area contributed by atoms with Crippen molar-refractivity contribution in [2.75, 3.05) is 26.8 Å². The molecule has 0 spiro atoms. The molecule has 4 rings (SSSR count). The van der Waals surface area contributed by atoms with Crippen LogP contribution >= 0.6 is 0 Å². The van der Waals surface area contributed by atoms with E-state index in [4.69, 9.17) is 15.2 Å². The molecule has 0 aromatic carbocycles. The van der Waals surface area contributed by atoms with Crippen LogP contribution in [0, 0.1) is 17.1 Å². The van der Waals surface area contributed by atoms with E-state index >= 15 is 0 Å². The Morgan fingerprint density at radius 3 is 2.74 bits per heavy atom. The Hall–Kier alpha value is -4.29. The van der Waals surface area contributed by atoms with Gasteiger partial charge in [-0.1, -0.05) is 12.1 Å². The maximum absolute atomic E-state index is 14.0. The molecule has 0 atom stereocenters. The first-order valence-electron chi connectivity index (χ1n) is 11.1. The van der Waals surface area contributed by atoms with Gasteiger partial charge in [-0.25, -0.2) is 9.37 Å². The third kappa shape index (κ3) is 5.28. The summed E-state index contributed by atoms with van der Waals surface area (Å²) in [6.07, 6.45) is 8.32. The molecular formula is C26H25FN6O2. The van der Waals surface area contributed by atoms with E-state index in [0.29, 0.717) is 36.7 Å². The average molecular weight is 473 g/mol. The Bertz CT molecular complexity index is 1310. The molecule has 0 fully saturated rings. The van der Waals surface area contributed by atoms with Crippen molar-refractivity contribution in [3.05, 3.63) is 77.9 Å². The number of allylic oxidation sites excluding steroid dienone is 1. The molecule has 0 unspecified atom stereocenters. The molecule has 1 aliphatic heterocycles. The zero-order valence-electron chi connectivity index (χ0n) is 19.5. The molecule has 3 aromatic rings. The van der Waals surface area contributed by atoms with Gasteiger partial charge in [-0.15, -0.1) is 0 Å². The lowest BCUT2D eigenvalue weighted by Crippen LogP contribution is -2.20. The van der Waals surface area contributed by atoms with Crippen LogP contribution in [0.25, 0.3) is 22.3 Å². The third-order valence-electron chi connectivity index (χ3n) is 5.57. The third-order valence-corrected chi connectivity index (χ3v) is 5.57. The first kappa shape index (κ1) is 23.9. The quantitative estimate of drug-likeness (QED) is 0.493. The summed E-state index contributed by atoms with van der Waals surface area (Å²) in [5, 5.41) is 9.45. The Kier molecular flexibility index (Phi) is 7.33. The summed E-state index contributed by atoms with van der Waals surface area (Å²) >= 11 is 0. The van der Waals surface area contributed by atoms with Gasteiger partial charge in [-0.05, 0) is 36.3 Å². The lowest BCUT2D eigenvalue weighted by atomic mass is 10.0. The largest absolute Gasteiger partial charge is 0.492 e. The lowest BCUT2D eigenvalue weighted by molar-refractivity contribution is 0.339. The van der Waals surface area contributed by atoms with Crippen molar-refractivity contribution < 1.29 is 13.9 Å². The molecule has 0 radical (unpaired) electrons. The highest BCUT2D eigenvalue weighted by Gasteiger charge is 2.19. The summed E-state index contributed by atoms with van der Waals surface area (Å²) in [7, 11) is 1.39. The number of methoxy groups -OCH3 is 1. The van der Waals surface area contributed by atoms with E-state index in [-0.39, 0.29) is 11.5 Å². The van der Waals surface area contributed by atoms with E-state index in [2.05, 4.69) is 32.0 Å². The number of nitrogens with two attached hydrogens (primary N) is 1. The summed E-state index contributed by atoms with van der Waals surface area (Å²) in [4.78, 5) is 15.2. The highest BCUT2D eigenvalue weighted by Crippen LogP contribution is 2.31. The second-order valence-corrected chi connectivity index (χ2v) is 7.86. The van der Waals surface area contributed by atoms with E-state index < -0.39 is 5.82 Å². The van der Waals surface area contributed by atoms with E-state index in [9.17, 15) is 9.65 Å². The van der Waals surface area contributed by atoms with Crippen LogP contribution in [0.4, 0.5) is 4.39 Å². The lowest BCUT2D eigenvalue weighted by Gasteiger charge is -2.16. The summed E-state index contributed by atoms with van der Waals surface area (Å²) in [5.74, 6) is 0.122. The Morgan fingerprint density at radius 2 is 2.09 bits per heavy atom. The van der Waals surface area contributed by atoms with Crippen LogP contribution in [0.2, 0.25) is 0 Å². The second kappa shape index (κ2) is 10.8. The number of aromatic nitrogens is 3. The highest BCUT2D eigenvalue weighted by atomic mass is 19.1. The predicted molar refractivity (Wildman–Crippen MR) is 130 cm³/mol. The van der Waals surface area contributed by atoms with E-state index in [0.717, 1.165) is 28.9 Å². The van der Waals surface area contributed by atoms with Crippen LogP contribution < -0.4 is 15.2 Å². The van der Waals surface area contributed by atoms with Gasteiger partial charge in [-0.3, -0.25) is 14.9 Å². The van der Waals surface area contributed by atoms with Crippen molar-refractivity contribution in [2.24, 2.45) is 5.73 Å². The fourth-order valence-corrected chi connectivity index (χ4v) is 3.91. The Balaban J connectivity index is 1.51. The van der Waals surface area contributed by atoms with Gasteiger partial charge in [0.25, 0.3) is 0 Å². The monoisotopic (exact) mass is 472 g/mol. The Labute approximate surface area is 203 Å². The van der Waals surface area contributed by atoms with Crippen molar-refractivity contribution in [3.8, 4) is 28.8 Å². The predicted octanol–water partition coefficient (Wildman–Crippen LogP) is 3.81. The zero-order chi connectivity index (χ0) is 24.8. The van der Waals surface area contributed by atoms with Crippen LogP contribution in [-0.4, -0.2) is 46.7 Å². The number of rotatable bonds is 8. The average Bonchev–Trinajstić information content (AvgIpc) is 3.34. The molecule has 0 saturated carbocycles. The van der Waals surface area contributed by atoms with Gasteiger partial charge < -0.3 is 15.2 Å². The van der Waals surface area contributed by atoms with E-state index in [1.165, 1.54) is 19.4 Å². The molecule has 178 valence electrons. The van der Waals surface area contributed by atoms with Crippen LogP contribution in [0.1, 0.15) is 23.9 Å². The van der Waals surface area contributed by atoms with Crippen LogP contribution in [0.3, 0.4) is 0 Å². The molecule has 9 heteroatoms. The van der Waals surface area contributed by atoms with Crippen molar-refractivity contribution in [1.29, 1.82) is 5.26 Å². The SMILES string of the molecule is CCOc1cnc(C(C#N)=CN)c(-c2ccc(C3=CCN(Cc4cnc(OC)c(F)c4)C3)nc2)c1. The van der Waals surface area contributed by atoms with E-state index in [1.54, 1.807) is 18.6 Å². The number of nitrogens with zero attached hydrogens (tertiary/aromatic N) is 5. The van der Waals surface area contributed by atoms with Gasteiger partial charge >= 0.3 is 0 Å². The van der Waals surface area contributed by atoms with Crippen molar-refractivity contribution in [1.82, 2.24) is 19.9 Å². The molecule has 4 heterocycles. The Morgan fingerprint density at radius 1 is 1.23 bits per heavy atom. The van der Waals surface area contributed by atoms with Gasteiger partial charge in [0.15, 0.2) is 5.82 Å². The van der Waals surface area contributed by atoms with Crippen molar-refractivity contribution in [2.45, 2.75) is 13.5 Å². The van der Waals surface area contributed by atoms with E-state index in [1.807, 2.05) is 25.1 Å². The molecule has 0 aliphatic carbocycles. The normalized spacial score (nSPS) is 13.9. The fourth-order valence-electron chi connectivity index (χ4n) is 3.91. The van der Waals surface area contributed by atoms with Crippen molar-refractivity contribution >= 4 is 11.1 Å². The summed E-state index contributed by atoms with van der Waals surface area (Å²) in [6, 6.07) is 9.25. The van der Waals surface area contributed by atoms with Gasteiger partial charge in [0.05, 0.1) is 36.9 Å². The van der Waals surface area contributed by atoms with Crippen LogP contribution in [-0.2, 0) is 6.54 Å². The maximum Gasteiger partial charge on any atom is 0.250 e. The standard InChI is InChI=1S/C26H25FN6O2/c1-3-35-21-9-22(25(31-14-21)20(10-28)11-29)18-4-5-24(30-13-18)19-6-7-33(16-19)15-17-8-23(27)26(34-2)32-12-17/h4-6,8-10,12-14H,3,7,15-16,28H2,1-2H3. The molecule has 1 aliphatic rings. The minimum absolute atomic E-state index is 0.00716. The molecule has 0 bridgehead atoms. The first-order valence-corrected chi connectivity index (χ1v) is 11.1. The minimum atomic E-state index is -0.471. The van der Waals surface area contributed by atoms with Gasteiger partial charge in [0, 0.05) is 49.4 Å². The molecule has 35 heavy (non-hydrogen) atoms. The second-order valence-electron chi connectivity index (χ2n) is 7.86. The molecule has 8 nitrogen and oxygen atoms in total. The molecular weight excluding hydrogens is 447 g/mol. The van der Waals surface area contributed by atoms with Crippen LogP contribution in [0.5, 0.6) is 11.6 Å². The molecule has 3 aromatic heterocycles. The zero-order valence-corrected chi connectivity index (χ0v) is 19.5. The van der Waals surface area contributed by atoms with Gasteiger partial charge in [0.1, 0.15) is 11.8 Å². The number of nitriles is 1.